The van der Waals surface area contributed by atoms with Crippen LogP contribution in [0.15, 0.2) is 36.5 Å². The SMILES string of the molecule is CCCCCC/C=C\C/C=C\CCCCCCCC(=O)OCCCCCCCC/C=C\CCCCCC(=O)NC(CO)C(O)CCCCCCCCCCCCCCCC. The average molecular weight is 844 g/mol. The zero-order valence-corrected chi connectivity index (χ0v) is 39.9. The van der Waals surface area contributed by atoms with Gasteiger partial charge in [-0.1, -0.05) is 211 Å². The fourth-order valence-electron chi connectivity index (χ4n) is 7.84. The van der Waals surface area contributed by atoms with Crippen LogP contribution in [0.4, 0.5) is 0 Å². The number of nitrogens with one attached hydrogen (secondary N) is 1. The summed E-state index contributed by atoms with van der Waals surface area (Å²) in [5, 5.41) is 23.2. The van der Waals surface area contributed by atoms with Gasteiger partial charge in [-0.25, -0.2) is 0 Å². The molecule has 0 aromatic carbocycles. The van der Waals surface area contributed by atoms with Gasteiger partial charge in [0.15, 0.2) is 0 Å². The molecule has 60 heavy (non-hydrogen) atoms. The molecule has 0 heterocycles. The van der Waals surface area contributed by atoms with Gasteiger partial charge in [-0.15, -0.1) is 0 Å². The molecule has 6 heteroatoms. The van der Waals surface area contributed by atoms with Crippen molar-refractivity contribution in [3.63, 3.8) is 0 Å². The third-order valence-corrected chi connectivity index (χ3v) is 11.9. The van der Waals surface area contributed by atoms with Gasteiger partial charge in [0.05, 0.1) is 25.4 Å². The van der Waals surface area contributed by atoms with Crippen LogP contribution < -0.4 is 5.32 Å². The van der Waals surface area contributed by atoms with Crippen molar-refractivity contribution in [3.8, 4) is 0 Å². The molecular formula is C54H101NO5. The fourth-order valence-corrected chi connectivity index (χ4v) is 7.84. The van der Waals surface area contributed by atoms with Crippen molar-refractivity contribution in [1.29, 1.82) is 0 Å². The number of hydrogen-bond acceptors (Lipinski definition) is 5. The van der Waals surface area contributed by atoms with Crippen molar-refractivity contribution in [2.45, 2.75) is 283 Å². The molecule has 0 saturated heterocycles. The molecule has 0 aliphatic carbocycles. The number of allylic oxidation sites excluding steroid dienone is 6. The number of hydrogen-bond donors (Lipinski definition) is 3. The Labute approximate surface area is 373 Å². The van der Waals surface area contributed by atoms with Gasteiger partial charge in [0.2, 0.25) is 5.91 Å². The summed E-state index contributed by atoms with van der Waals surface area (Å²) in [5.41, 5.74) is 0. The summed E-state index contributed by atoms with van der Waals surface area (Å²) in [6.07, 6.45) is 59.7. The van der Waals surface area contributed by atoms with E-state index >= 15 is 0 Å². The monoisotopic (exact) mass is 844 g/mol. The molecule has 0 rings (SSSR count). The Kier molecular flexibility index (Phi) is 48.1. The van der Waals surface area contributed by atoms with Crippen LogP contribution in [-0.4, -0.2) is 47.4 Å². The van der Waals surface area contributed by atoms with Crippen molar-refractivity contribution in [3.05, 3.63) is 36.5 Å². The minimum Gasteiger partial charge on any atom is -0.466 e. The smallest absolute Gasteiger partial charge is 0.305 e. The Morgan fingerprint density at radius 3 is 1.32 bits per heavy atom. The second-order valence-electron chi connectivity index (χ2n) is 17.8. The zero-order valence-electron chi connectivity index (χ0n) is 39.9. The third-order valence-electron chi connectivity index (χ3n) is 11.9. The second-order valence-corrected chi connectivity index (χ2v) is 17.8. The minimum absolute atomic E-state index is 0.0264. The van der Waals surface area contributed by atoms with Crippen LogP contribution in [0, 0.1) is 0 Å². The van der Waals surface area contributed by atoms with Crippen molar-refractivity contribution >= 4 is 11.9 Å². The van der Waals surface area contributed by atoms with Gasteiger partial charge < -0.3 is 20.3 Å². The number of rotatable bonds is 48. The van der Waals surface area contributed by atoms with E-state index in [4.69, 9.17) is 4.74 Å². The second kappa shape index (κ2) is 49.7. The number of unbranched alkanes of at least 4 members (excludes halogenated alkanes) is 31. The van der Waals surface area contributed by atoms with Gasteiger partial charge in [0, 0.05) is 12.8 Å². The van der Waals surface area contributed by atoms with Crippen LogP contribution in [0.1, 0.15) is 271 Å². The maximum absolute atomic E-state index is 12.4. The molecule has 0 aromatic rings. The Morgan fingerprint density at radius 2 is 0.833 bits per heavy atom. The fraction of sp³-hybridized carbons (Fsp3) is 0.852. The number of carbonyl (C=O) groups excluding carboxylic acids is 2. The van der Waals surface area contributed by atoms with E-state index in [9.17, 15) is 19.8 Å². The molecule has 352 valence electrons. The number of aliphatic hydroxyl groups excluding tert-OH is 2. The van der Waals surface area contributed by atoms with E-state index < -0.39 is 12.1 Å². The van der Waals surface area contributed by atoms with Crippen LogP contribution in [0.2, 0.25) is 0 Å². The van der Waals surface area contributed by atoms with Crippen molar-refractivity contribution in [2.24, 2.45) is 0 Å². The van der Waals surface area contributed by atoms with Crippen LogP contribution in [0.5, 0.6) is 0 Å². The maximum Gasteiger partial charge on any atom is 0.305 e. The first-order valence-electron chi connectivity index (χ1n) is 26.2. The molecule has 3 N–H and O–H groups in total. The summed E-state index contributed by atoms with van der Waals surface area (Å²) < 4.78 is 5.45. The first kappa shape index (κ1) is 58.1. The molecular weight excluding hydrogens is 743 g/mol. The van der Waals surface area contributed by atoms with Gasteiger partial charge in [-0.05, 0) is 83.5 Å². The standard InChI is InChI=1S/C54H101NO5/c1-3-5-7-9-11-13-15-17-19-20-24-28-32-36-40-44-48-54(59)60-49-45-41-37-33-29-25-21-23-27-31-35-39-43-47-53(58)55-51(50-56)52(57)46-42-38-34-30-26-22-18-16-14-12-10-8-6-4-2/h13,15,19-20,23,27,51-52,56-57H,3-12,14,16-18,21-22,24-26,28-50H2,1-2H3,(H,55,58)/b15-13-,20-19-,27-23-. The van der Waals surface area contributed by atoms with E-state index in [1.165, 1.54) is 154 Å². The maximum atomic E-state index is 12.4. The van der Waals surface area contributed by atoms with Crippen LogP contribution in [0.25, 0.3) is 0 Å². The van der Waals surface area contributed by atoms with Gasteiger partial charge in [-0.3, -0.25) is 9.59 Å². The van der Waals surface area contributed by atoms with Gasteiger partial charge in [0.1, 0.15) is 0 Å². The van der Waals surface area contributed by atoms with Gasteiger partial charge in [-0.2, -0.15) is 0 Å². The lowest BCUT2D eigenvalue weighted by Crippen LogP contribution is -2.45. The summed E-state index contributed by atoms with van der Waals surface area (Å²) in [5.74, 6) is -0.0926. The van der Waals surface area contributed by atoms with Crippen LogP contribution in [-0.2, 0) is 14.3 Å². The quantitative estimate of drug-likeness (QED) is 0.0322. The number of ether oxygens (including phenoxy) is 1. The lowest BCUT2D eigenvalue weighted by atomic mass is 10.0. The lowest BCUT2D eigenvalue weighted by molar-refractivity contribution is -0.143. The summed E-state index contributed by atoms with van der Waals surface area (Å²) in [6.45, 7) is 4.88. The predicted molar refractivity (Wildman–Crippen MR) is 259 cm³/mol. The van der Waals surface area contributed by atoms with Crippen molar-refractivity contribution < 1.29 is 24.5 Å². The van der Waals surface area contributed by atoms with Crippen LogP contribution in [0.3, 0.4) is 0 Å². The number of esters is 1. The minimum atomic E-state index is -0.682. The highest BCUT2D eigenvalue weighted by Gasteiger charge is 2.20. The topological polar surface area (TPSA) is 95.9 Å². The van der Waals surface area contributed by atoms with E-state index in [1.807, 2.05) is 0 Å². The first-order valence-corrected chi connectivity index (χ1v) is 26.2. The lowest BCUT2D eigenvalue weighted by Gasteiger charge is -2.22. The summed E-state index contributed by atoms with van der Waals surface area (Å²) in [6, 6.07) is -0.562. The Bertz CT molecular complexity index is 977. The highest BCUT2D eigenvalue weighted by Crippen LogP contribution is 2.16. The van der Waals surface area contributed by atoms with Crippen molar-refractivity contribution in [2.75, 3.05) is 13.2 Å². The molecule has 0 spiro atoms. The highest BCUT2D eigenvalue weighted by atomic mass is 16.5. The van der Waals surface area contributed by atoms with Gasteiger partial charge in [0.25, 0.3) is 0 Å². The molecule has 0 aliphatic heterocycles. The first-order chi connectivity index (χ1) is 29.5. The van der Waals surface area contributed by atoms with Gasteiger partial charge >= 0.3 is 5.97 Å². The molecule has 0 bridgehead atoms. The summed E-state index contributed by atoms with van der Waals surface area (Å²) in [7, 11) is 0. The molecule has 0 fully saturated rings. The molecule has 0 radical (unpaired) electrons. The summed E-state index contributed by atoms with van der Waals surface area (Å²) in [4.78, 5) is 24.5. The zero-order chi connectivity index (χ0) is 43.7. The van der Waals surface area contributed by atoms with E-state index in [0.29, 0.717) is 25.9 Å². The largest absolute Gasteiger partial charge is 0.466 e. The Hall–Kier alpha value is -1.92. The van der Waals surface area contributed by atoms with Crippen molar-refractivity contribution in [1.82, 2.24) is 5.32 Å². The molecule has 2 unspecified atom stereocenters. The average Bonchev–Trinajstić information content (AvgIpc) is 3.25. The van der Waals surface area contributed by atoms with E-state index in [2.05, 4.69) is 55.6 Å². The number of carbonyl (C=O) groups is 2. The summed E-state index contributed by atoms with van der Waals surface area (Å²) >= 11 is 0. The molecule has 0 aliphatic rings. The number of aliphatic hydroxyl groups is 2. The van der Waals surface area contributed by atoms with Crippen LogP contribution >= 0.6 is 0 Å². The third kappa shape index (κ3) is 45.6. The Balaban J connectivity index is 3.51. The van der Waals surface area contributed by atoms with E-state index in [0.717, 1.165) is 83.5 Å². The number of amides is 1. The molecule has 1 amide bonds. The Morgan fingerprint density at radius 1 is 0.467 bits per heavy atom. The molecule has 6 nitrogen and oxygen atoms in total. The molecule has 0 aromatic heterocycles. The highest BCUT2D eigenvalue weighted by molar-refractivity contribution is 5.76. The van der Waals surface area contributed by atoms with E-state index in [1.54, 1.807) is 0 Å². The predicted octanol–water partition coefficient (Wildman–Crippen LogP) is 15.7. The van der Waals surface area contributed by atoms with E-state index in [-0.39, 0.29) is 18.5 Å². The molecule has 2 atom stereocenters. The molecule has 0 saturated carbocycles. The normalized spacial score (nSPS) is 12.9.